The first-order valence-electron chi connectivity index (χ1n) is 9.82. The zero-order valence-corrected chi connectivity index (χ0v) is 16.9. The molecule has 2 aromatic rings. The molecular formula is C21H24FN3O3S. The Morgan fingerprint density at radius 1 is 0.931 bits per heavy atom. The third kappa shape index (κ3) is 4.05. The van der Waals surface area contributed by atoms with E-state index in [9.17, 15) is 17.6 Å². The van der Waals surface area contributed by atoms with Crippen molar-refractivity contribution in [3.8, 4) is 0 Å². The van der Waals surface area contributed by atoms with Crippen LogP contribution in [0.2, 0.25) is 0 Å². The van der Waals surface area contributed by atoms with Crippen molar-refractivity contribution in [1.29, 1.82) is 0 Å². The van der Waals surface area contributed by atoms with Gasteiger partial charge in [0.2, 0.25) is 15.9 Å². The van der Waals surface area contributed by atoms with Crippen LogP contribution in [0, 0.1) is 5.82 Å². The molecule has 0 spiro atoms. The number of halogens is 1. The Kier molecular flexibility index (Phi) is 5.67. The quantitative estimate of drug-likeness (QED) is 0.748. The summed E-state index contributed by atoms with van der Waals surface area (Å²) in [5.41, 5.74) is 2.20. The second-order valence-electron chi connectivity index (χ2n) is 7.35. The molecule has 0 aromatic heterocycles. The fourth-order valence-electron chi connectivity index (χ4n) is 3.97. The maximum atomic E-state index is 13.9. The highest BCUT2D eigenvalue weighted by Crippen LogP contribution is 2.28. The number of para-hydroxylation sites is 1. The Labute approximate surface area is 170 Å². The molecule has 0 bridgehead atoms. The van der Waals surface area contributed by atoms with Crippen LogP contribution >= 0.6 is 0 Å². The first-order valence-corrected chi connectivity index (χ1v) is 11.3. The van der Waals surface area contributed by atoms with Crippen molar-refractivity contribution in [2.75, 3.05) is 44.2 Å². The topological polar surface area (TPSA) is 60.9 Å². The summed E-state index contributed by atoms with van der Waals surface area (Å²) in [6.45, 7) is 2.93. The molecule has 0 saturated carbocycles. The van der Waals surface area contributed by atoms with E-state index in [0.29, 0.717) is 32.6 Å². The lowest BCUT2D eigenvalue weighted by Crippen LogP contribution is -2.49. The largest absolute Gasteiger partial charge is 0.312 e. The van der Waals surface area contributed by atoms with Gasteiger partial charge in [-0.15, -0.1) is 0 Å². The van der Waals surface area contributed by atoms with Gasteiger partial charge < -0.3 is 9.80 Å². The summed E-state index contributed by atoms with van der Waals surface area (Å²) in [6.07, 6.45) is 1.28. The lowest BCUT2D eigenvalue weighted by atomic mass is 10.2. The van der Waals surface area contributed by atoms with Crippen LogP contribution in [0.4, 0.5) is 10.1 Å². The van der Waals surface area contributed by atoms with Crippen molar-refractivity contribution in [3.63, 3.8) is 0 Å². The predicted molar refractivity (Wildman–Crippen MR) is 109 cm³/mol. The standard InChI is InChI=1S/C21H24FN3O3S/c22-18-6-2-4-8-20(18)29(27,28)24-15-13-23(14-16-24)11-10-21(26)25-12-9-17-5-1-3-7-19(17)25/h1-8H,9-16H2. The van der Waals surface area contributed by atoms with Gasteiger partial charge in [0.05, 0.1) is 0 Å². The fraction of sp³-hybridized carbons (Fsp3) is 0.381. The number of hydrogen-bond acceptors (Lipinski definition) is 4. The van der Waals surface area contributed by atoms with Gasteiger partial charge in [-0.25, -0.2) is 12.8 Å². The van der Waals surface area contributed by atoms with Crippen LogP contribution < -0.4 is 4.90 Å². The molecule has 0 unspecified atom stereocenters. The van der Waals surface area contributed by atoms with Gasteiger partial charge in [0, 0.05) is 51.4 Å². The first-order chi connectivity index (χ1) is 14.0. The van der Waals surface area contributed by atoms with E-state index < -0.39 is 15.8 Å². The third-order valence-electron chi connectivity index (χ3n) is 5.62. The summed E-state index contributed by atoms with van der Waals surface area (Å²) < 4.78 is 40.6. The molecule has 0 N–H and O–H groups in total. The molecule has 0 radical (unpaired) electrons. The van der Waals surface area contributed by atoms with Crippen molar-refractivity contribution < 1.29 is 17.6 Å². The van der Waals surface area contributed by atoms with Crippen LogP contribution in [0.25, 0.3) is 0 Å². The van der Waals surface area contributed by atoms with Crippen LogP contribution in [0.15, 0.2) is 53.4 Å². The highest BCUT2D eigenvalue weighted by atomic mass is 32.2. The highest BCUT2D eigenvalue weighted by Gasteiger charge is 2.31. The number of carbonyl (C=O) groups excluding carboxylic acids is 1. The van der Waals surface area contributed by atoms with Crippen molar-refractivity contribution in [2.24, 2.45) is 0 Å². The van der Waals surface area contributed by atoms with Crippen LogP contribution in [-0.2, 0) is 21.2 Å². The number of anilines is 1. The fourth-order valence-corrected chi connectivity index (χ4v) is 5.46. The Morgan fingerprint density at radius 3 is 2.38 bits per heavy atom. The average Bonchev–Trinajstić information content (AvgIpc) is 3.17. The Bertz CT molecular complexity index is 1000. The summed E-state index contributed by atoms with van der Waals surface area (Å²) in [5.74, 6) is -0.636. The summed E-state index contributed by atoms with van der Waals surface area (Å²) in [4.78, 5) is 16.3. The molecule has 2 heterocycles. The molecule has 2 aliphatic rings. The third-order valence-corrected chi connectivity index (χ3v) is 7.55. The number of carbonyl (C=O) groups is 1. The van der Waals surface area contributed by atoms with E-state index >= 15 is 0 Å². The molecule has 6 nitrogen and oxygen atoms in total. The monoisotopic (exact) mass is 417 g/mol. The Balaban J connectivity index is 1.31. The minimum absolute atomic E-state index is 0.0938. The lowest BCUT2D eigenvalue weighted by Gasteiger charge is -2.34. The minimum Gasteiger partial charge on any atom is -0.312 e. The van der Waals surface area contributed by atoms with E-state index in [1.54, 1.807) is 0 Å². The van der Waals surface area contributed by atoms with E-state index in [4.69, 9.17) is 0 Å². The number of nitrogens with zero attached hydrogens (tertiary/aromatic N) is 3. The SMILES string of the molecule is O=C(CCN1CCN(S(=O)(=O)c2ccccc2F)CC1)N1CCc2ccccc21. The molecule has 29 heavy (non-hydrogen) atoms. The van der Waals surface area contributed by atoms with Gasteiger partial charge in [-0.1, -0.05) is 30.3 Å². The molecule has 0 aliphatic carbocycles. The van der Waals surface area contributed by atoms with Gasteiger partial charge in [-0.2, -0.15) is 4.31 Å². The molecule has 8 heteroatoms. The number of piperazine rings is 1. The zero-order chi connectivity index (χ0) is 20.4. The van der Waals surface area contributed by atoms with Gasteiger partial charge >= 0.3 is 0 Å². The van der Waals surface area contributed by atoms with Gasteiger partial charge in [0.15, 0.2) is 0 Å². The van der Waals surface area contributed by atoms with E-state index in [1.807, 2.05) is 23.1 Å². The minimum atomic E-state index is -3.84. The molecule has 154 valence electrons. The maximum Gasteiger partial charge on any atom is 0.246 e. The normalized spacial score (nSPS) is 18.0. The summed E-state index contributed by atoms with van der Waals surface area (Å²) in [7, 11) is -3.84. The van der Waals surface area contributed by atoms with Crippen molar-refractivity contribution in [1.82, 2.24) is 9.21 Å². The molecule has 2 aromatic carbocycles. The maximum absolute atomic E-state index is 13.9. The number of hydrogen-bond donors (Lipinski definition) is 0. The smallest absolute Gasteiger partial charge is 0.246 e. The van der Waals surface area contributed by atoms with Gasteiger partial charge in [0.1, 0.15) is 10.7 Å². The van der Waals surface area contributed by atoms with Crippen molar-refractivity contribution in [2.45, 2.75) is 17.7 Å². The lowest BCUT2D eigenvalue weighted by molar-refractivity contribution is -0.118. The summed E-state index contributed by atoms with van der Waals surface area (Å²) in [5, 5.41) is 0. The second kappa shape index (κ2) is 8.22. The number of benzene rings is 2. The predicted octanol–water partition coefficient (Wildman–Crippen LogP) is 2.11. The molecular weight excluding hydrogens is 393 g/mol. The average molecular weight is 418 g/mol. The molecule has 1 fully saturated rings. The summed E-state index contributed by atoms with van der Waals surface area (Å²) >= 11 is 0. The number of fused-ring (bicyclic) bond motifs is 1. The number of amides is 1. The van der Waals surface area contributed by atoms with Crippen LogP contribution in [-0.4, -0.2) is 62.8 Å². The molecule has 0 atom stereocenters. The van der Waals surface area contributed by atoms with E-state index in [0.717, 1.165) is 18.2 Å². The summed E-state index contributed by atoms with van der Waals surface area (Å²) in [6, 6.07) is 13.4. The zero-order valence-electron chi connectivity index (χ0n) is 16.1. The van der Waals surface area contributed by atoms with Gasteiger partial charge in [-0.05, 0) is 30.2 Å². The van der Waals surface area contributed by atoms with Crippen molar-refractivity contribution >= 4 is 21.6 Å². The molecule has 2 aliphatic heterocycles. The molecule has 1 saturated heterocycles. The Morgan fingerprint density at radius 2 is 1.62 bits per heavy atom. The molecule has 1 amide bonds. The Hall–Kier alpha value is -2.29. The van der Waals surface area contributed by atoms with E-state index in [1.165, 1.54) is 28.1 Å². The van der Waals surface area contributed by atoms with Crippen molar-refractivity contribution in [3.05, 3.63) is 59.9 Å². The van der Waals surface area contributed by atoms with E-state index in [2.05, 4.69) is 11.0 Å². The van der Waals surface area contributed by atoms with Crippen LogP contribution in [0.1, 0.15) is 12.0 Å². The van der Waals surface area contributed by atoms with Crippen LogP contribution in [0.3, 0.4) is 0 Å². The highest BCUT2D eigenvalue weighted by molar-refractivity contribution is 7.89. The number of rotatable bonds is 5. The van der Waals surface area contributed by atoms with Gasteiger partial charge in [-0.3, -0.25) is 4.79 Å². The molecule has 4 rings (SSSR count). The van der Waals surface area contributed by atoms with Gasteiger partial charge in [0.25, 0.3) is 0 Å². The van der Waals surface area contributed by atoms with Crippen LogP contribution in [0.5, 0.6) is 0 Å². The van der Waals surface area contributed by atoms with E-state index in [-0.39, 0.29) is 23.9 Å². The number of sulfonamides is 1. The second-order valence-corrected chi connectivity index (χ2v) is 9.26. The first kappa shape index (κ1) is 20.0.